The Morgan fingerprint density at radius 2 is 1.21 bits per heavy atom. The first kappa shape index (κ1) is 52.8. The molecule has 1 aliphatic rings. The van der Waals surface area contributed by atoms with Gasteiger partial charge in [-0.05, 0) is 138 Å². The van der Waals surface area contributed by atoms with E-state index in [9.17, 15) is 24.3 Å². The summed E-state index contributed by atoms with van der Waals surface area (Å²) in [6, 6.07) is 18.4. The van der Waals surface area contributed by atoms with Gasteiger partial charge in [0.25, 0.3) is 11.8 Å². The number of pyridine rings is 2. The van der Waals surface area contributed by atoms with E-state index in [1.165, 1.54) is 6.92 Å². The summed E-state index contributed by atoms with van der Waals surface area (Å²) in [5, 5.41) is 24.2. The molecule has 4 aromatic rings. The number of amides is 2. The molecule has 15 heteroatoms. The molecule has 2 aromatic heterocycles. The fourth-order valence-electron chi connectivity index (χ4n) is 6.11. The maximum Gasteiger partial charge on any atom is 0.251 e. The van der Waals surface area contributed by atoms with Gasteiger partial charge in [0, 0.05) is 65.5 Å². The number of anilines is 1. The lowest BCUT2D eigenvalue weighted by Crippen LogP contribution is -2.51. The minimum atomic E-state index is -1.17. The van der Waals surface area contributed by atoms with Crippen molar-refractivity contribution in [2.45, 2.75) is 71.4 Å². The van der Waals surface area contributed by atoms with Crippen molar-refractivity contribution < 1.29 is 43.6 Å². The lowest BCUT2D eigenvalue weighted by atomic mass is 10.0. The highest BCUT2D eigenvalue weighted by molar-refractivity contribution is 6.29. The highest BCUT2D eigenvalue weighted by Crippen LogP contribution is 2.16. The zero-order valence-corrected chi connectivity index (χ0v) is 39.1. The fraction of sp³-hybridized carbons (Fsp3) is 0.346. The number of hydrogen-bond donors (Lipinski definition) is 4. The number of aliphatic hydroxyl groups excluding tert-OH is 2. The zero-order valence-electron chi connectivity index (χ0n) is 38.3. The highest BCUT2D eigenvalue weighted by Gasteiger charge is 2.31. The van der Waals surface area contributed by atoms with E-state index in [2.05, 4.69) is 72.9 Å². The number of carbonyl (C=O) groups excluding carboxylic acids is 4. The third kappa shape index (κ3) is 18.5. The van der Waals surface area contributed by atoms with Crippen LogP contribution in [0.2, 0.25) is 5.15 Å². The normalized spacial score (nSPS) is 13.5. The van der Waals surface area contributed by atoms with Crippen LogP contribution in [0.3, 0.4) is 0 Å². The number of carbonyl (C=O) groups is 4. The first-order valence-electron chi connectivity index (χ1n) is 21.4. The Balaban J connectivity index is 0.000000293. The second-order valence-electron chi connectivity index (χ2n) is 15.8. The Morgan fingerprint density at radius 3 is 1.64 bits per heavy atom. The van der Waals surface area contributed by atoms with Gasteiger partial charge in [-0.3, -0.25) is 19.2 Å². The molecule has 14 nitrogen and oxygen atoms in total. The van der Waals surface area contributed by atoms with Crippen LogP contribution in [0.5, 0.6) is 0 Å². The summed E-state index contributed by atoms with van der Waals surface area (Å²) < 4.78 is 16.5. The quantitative estimate of drug-likeness (QED) is 0.103. The molecule has 5 rings (SSSR count). The van der Waals surface area contributed by atoms with Crippen LogP contribution in [0.25, 0.3) is 0 Å². The van der Waals surface area contributed by atoms with Crippen molar-refractivity contribution in [2.24, 2.45) is 0 Å². The standard InChI is InChI=1S/C27H29ClN2O4.C25H25N3O5/c1-6-33-18-23(31)25(19(2)34-27(3,4)5)30-26(32)22-14-11-20(12-15-22)9-7-8-10-21-13-16-24(28)29-17-21;1-18(30)24(22(31)17-29)27-25(32)21-9-6-19(7-10-21)4-2-3-5-20-8-11-23(26-16-20)28-12-14-33-15-13-28/h11-17,19,25H,6,18H2,1-5H3,(H,30,32);6-11,16,18,24,29-30H,12-15,17H2,1H3,(H,27,32)/t19-,25?;18-,24?/m11/s1. The van der Waals surface area contributed by atoms with Crippen molar-refractivity contribution in [1.82, 2.24) is 20.6 Å². The van der Waals surface area contributed by atoms with Crippen LogP contribution in [-0.2, 0) is 23.8 Å². The van der Waals surface area contributed by atoms with Crippen molar-refractivity contribution in [3.8, 4) is 47.4 Å². The van der Waals surface area contributed by atoms with E-state index in [4.69, 9.17) is 30.9 Å². The highest BCUT2D eigenvalue weighted by atomic mass is 35.5. The minimum Gasteiger partial charge on any atom is -0.391 e. The van der Waals surface area contributed by atoms with E-state index in [0.29, 0.717) is 52.8 Å². The lowest BCUT2D eigenvalue weighted by Gasteiger charge is -2.30. The Bertz CT molecular complexity index is 2540. The summed E-state index contributed by atoms with van der Waals surface area (Å²) in [5.41, 5.74) is 3.08. The van der Waals surface area contributed by atoms with Gasteiger partial charge < -0.3 is 40.0 Å². The molecule has 0 aliphatic carbocycles. The van der Waals surface area contributed by atoms with Crippen LogP contribution in [0, 0.1) is 47.4 Å². The van der Waals surface area contributed by atoms with Crippen LogP contribution in [-0.4, -0.2) is 120 Å². The summed E-state index contributed by atoms with van der Waals surface area (Å²) in [6.07, 6.45) is 1.64. The zero-order chi connectivity index (χ0) is 48.8. The number of morpholine rings is 1. The van der Waals surface area contributed by atoms with Crippen LogP contribution < -0.4 is 15.5 Å². The molecule has 1 fully saturated rings. The minimum absolute atomic E-state index is 0.0963. The number of benzene rings is 2. The molecular weight excluding hydrogens is 874 g/mol. The average Bonchev–Trinajstić information content (AvgIpc) is 3.32. The summed E-state index contributed by atoms with van der Waals surface area (Å²) in [6.45, 7) is 13.2. The van der Waals surface area contributed by atoms with Crippen LogP contribution in [0.4, 0.5) is 5.82 Å². The molecule has 0 spiro atoms. The first-order valence-corrected chi connectivity index (χ1v) is 21.8. The molecule has 3 heterocycles. The number of hydrogen-bond acceptors (Lipinski definition) is 12. The summed E-state index contributed by atoms with van der Waals surface area (Å²) in [4.78, 5) is 60.0. The molecular formula is C52H54ClN5O9. The van der Waals surface area contributed by atoms with Crippen molar-refractivity contribution in [3.63, 3.8) is 0 Å². The van der Waals surface area contributed by atoms with Crippen molar-refractivity contribution in [1.29, 1.82) is 0 Å². The molecule has 0 radical (unpaired) electrons. The Kier molecular flexibility index (Phi) is 21.2. The van der Waals surface area contributed by atoms with Gasteiger partial charge >= 0.3 is 0 Å². The molecule has 2 amide bonds. The second-order valence-corrected chi connectivity index (χ2v) is 16.2. The van der Waals surface area contributed by atoms with E-state index >= 15 is 0 Å². The van der Waals surface area contributed by atoms with Crippen LogP contribution in [0.15, 0.2) is 85.2 Å². The van der Waals surface area contributed by atoms with E-state index in [1.54, 1.807) is 86.9 Å². The number of aromatic nitrogens is 2. The number of ether oxygens (including phenoxy) is 3. The van der Waals surface area contributed by atoms with Gasteiger partial charge in [-0.1, -0.05) is 35.3 Å². The van der Waals surface area contributed by atoms with Gasteiger partial charge in [-0.2, -0.15) is 0 Å². The molecule has 4 atom stereocenters. The Labute approximate surface area is 397 Å². The molecule has 67 heavy (non-hydrogen) atoms. The number of nitrogens with zero attached hydrogens (tertiary/aromatic N) is 3. The predicted octanol–water partition coefficient (Wildman–Crippen LogP) is 4.41. The molecule has 4 N–H and O–H groups in total. The number of rotatable bonds is 14. The van der Waals surface area contributed by atoms with Gasteiger partial charge in [0.05, 0.1) is 31.0 Å². The van der Waals surface area contributed by atoms with Crippen molar-refractivity contribution >= 4 is 40.8 Å². The van der Waals surface area contributed by atoms with Gasteiger partial charge in [0.15, 0.2) is 11.6 Å². The monoisotopic (exact) mass is 927 g/mol. The van der Waals surface area contributed by atoms with E-state index in [-0.39, 0.29) is 18.3 Å². The van der Waals surface area contributed by atoms with Gasteiger partial charge in [-0.25, -0.2) is 9.97 Å². The topological polar surface area (TPSA) is 190 Å². The molecule has 2 aromatic carbocycles. The Hall–Kier alpha value is -6.85. The lowest BCUT2D eigenvalue weighted by molar-refractivity contribution is -0.133. The Morgan fingerprint density at radius 1 is 0.731 bits per heavy atom. The van der Waals surface area contributed by atoms with Crippen molar-refractivity contribution in [2.75, 3.05) is 51.0 Å². The molecule has 1 aliphatic heterocycles. The molecule has 348 valence electrons. The molecule has 0 bridgehead atoms. The number of halogens is 1. The summed E-state index contributed by atoms with van der Waals surface area (Å²) in [5.74, 6) is 21.8. The molecule has 2 unspecified atom stereocenters. The van der Waals surface area contributed by atoms with Gasteiger partial charge in [-0.15, -0.1) is 0 Å². The number of aliphatic hydroxyl groups is 2. The van der Waals surface area contributed by atoms with Gasteiger partial charge in [0.2, 0.25) is 0 Å². The van der Waals surface area contributed by atoms with Crippen LogP contribution in [0.1, 0.15) is 84.5 Å². The summed E-state index contributed by atoms with van der Waals surface area (Å²) >= 11 is 5.75. The number of nitrogens with one attached hydrogen (secondary N) is 2. The fourth-order valence-corrected chi connectivity index (χ4v) is 6.22. The number of ketones is 2. The maximum absolute atomic E-state index is 12.8. The van der Waals surface area contributed by atoms with Crippen molar-refractivity contribution in [3.05, 3.63) is 124 Å². The van der Waals surface area contributed by atoms with E-state index in [0.717, 1.165) is 24.5 Å². The van der Waals surface area contributed by atoms with Crippen LogP contribution >= 0.6 is 11.6 Å². The molecule has 1 saturated heterocycles. The third-order valence-electron chi connectivity index (χ3n) is 9.42. The number of Topliss-reactive ketones (excluding diaryl/α,β-unsaturated/α-hetero) is 2. The largest absolute Gasteiger partial charge is 0.391 e. The smallest absolute Gasteiger partial charge is 0.251 e. The second kappa shape index (κ2) is 26.9. The third-order valence-corrected chi connectivity index (χ3v) is 9.64. The van der Waals surface area contributed by atoms with Gasteiger partial charge in [0.1, 0.15) is 36.3 Å². The van der Waals surface area contributed by atoms with E-state index in [1.807, 2.05) is 32.9 Å². The summed E-state index contributed by atoms with van der Waals surface area (Å²) in [7, 11) is 0. The SMILES string of the molecule is CCOCC(=O)C(NC(=O)c1ccc(C#CC#Cc2ccc(Cl)nc2)cc1)[C@@H](C)OC(C)(C)C.C[C@@H](O)C(NC(=O)c1ccc(C#CC#Cc2ccc(N3CCOCC3)nc2)cc1)C(=O)CO. The first-order chi connectivity index (χ1) is 32.1. The van der Waals surface area contributed by atoms with E-state index < -0.39 is 48.2 Å². The predicted molar refractivity (Wildman–Crippen MR) is 255 cm³/mol. The molecule has 0 saturated carbocycles. The average molecular weight is 928 g/mol. The maximum atomic E-state index is 12.8.